The number of aryl methyl sites for hydroxylation is 1. The predicted octanol–water partition coefficient (Wildman–Crippen LogP) is 4.99. The van der Waals surface area contributed by atoms with E-state index in [-0.39, 0.29) is 22.3 Å². The van der Waals surface area contributed by atoms with Crippen molar-refractivity contribution in [2.75, 3.05) is 5.73 Å². The molecule has 1 saturated carbocycles. The zero-order valence-electron chi connectivity index (χ0n) is 20.4. The summed E-state index contributed by atoms with van der Waals surface area (Å²) in [5.74, 6) is -1.14. The maximum absolute atomic E-state index is 14.1. The van der Waals surface area contributed by atoms with E-state index >= 15 is 0 Å². The third kappa shape index (κ3) is 7.20. The van der Waals surface area contributed by atoms with Crippen LogP contribution in [0.3, 0.4) is 0 Å². The molecule has 0 amide bonds. The molecule has 3 heterocycles. The lowest BCUT2D eigenvalue weighted by Crippen LogP contribution is -2.24. The number of aromatic nitrogens is 5. The van der Waals surface area contributed by atoms with Gasteiger partial charge >= 0.3 is 6.18 Å². The van der Waals surface area contributed by atoms with Gasteiger partial charge in [0, 0.05) is 13.2 Å². The minimum atomic E-state index is -4.74. The Morgan fingerprint density at radius 2 is 1.53 bits per heavy atom. The van der Waals surface area contributed by atoms with Crippen molar-refractivity contribution < 1.29 is 22.0 Å². The summed E-state index contributed by atoms with van der Waals surface area (Å²) >= 11 is 0. The van der Waals surface area contributed by atoms with Crippen LogP contribution in [0.25, 0.3) is 22.2 Å². The van der Waals surface area contributed by atoms with Gasteiger partial charge in [-0.15, -0.1) is 0 Å². The number of alkyl halides is 3. The molecule has 0 spiro atoms. The van der Waals surface area contributed by atoms with Crippen LogP contribution in [-0.2, 0) is 13.2 Å². The molecule has 0 unspecified atom stereocenters. The molecule has 1 fully saturated rings. The third-order valence-corrected chi connectivity index (χ3v) is 5.70. The second-order valence-corrected chi connectivity index (χ2v) is 8.52. The van der Waals surface area contributed by atoms with E-state index in [1.807, 2.05) is 0 Å². The number of pyridine rings is 1. The lowest BCUT2D eigenvalue weighted by atomic mass is 10.0. The minimum Gasteiger partial charge on any atom is -0.397 e. The minimum absolute atomic E-state index is 0.0754. The van der Waals surface area contributed by atoms with Crippen molar-refractivity contribution in [1.29, 1.82) is 0 Å². The van der Waals surface area contributed by atoms with Gasteiger partial charge in [0.2, 0.25) is 0 Å². The van der Waals surface area contributed by atoms with E-state index in [1.165, 1.54) is 49.2 Å². The van der Waals surface area contributed by atoms with Gasteiger partial charge < -0.3 is 10.3 Å². The molecule has 1 aromatic carbocycles. The van der Waals surface area contributed by atoms with Crippen molar-refractivity contribution in [2.24, 2.45) is 7.05 Å². The van der Waals surface area contributed by atoms with E-state index in [1.54, 1.807) is 24.4 Å². The summed E-state index contributed by atoms with van der Waals surface area (Å²) in [6, 6.07) is 4.34. The summed E-state index contributed by atoms with van der Waals surface area (Å²) in [4.78, 5) is 30.0. The summed E-state index contributed by atoms with van der Waals surface area (Å²) < 4.78 is 64.2. The van der Waals surface area contributed by atoms with Gasteiger partial charge in [-0.3, -0.25) is 9.59 Å². The Labute approximate surface area is 213 Å². The van der Waals surface area contributed by atoms with Gasteiger partial charge in [-0.25, -0.2) is 23.8 Å². The quantitative estimate of drug-likeness (QED) is 0.331. The Kier molecular flexibility index (Phi) is 9.26. The first-order valence-corrected chi connectivity index (χ1v) is 11.7. The second-order valence-electron chi connectivity index (χ2n) is 8.52. The highest BCUT2D eigenvalue weighted by Gasteiger charge is 2.36. The zero-order chi connectivity index (χ0) is 27.9. The van der Waals surface area contributed by atoms with Gasteiger partial charge in [0.1, 0.15) is 11.4 Å². The maximum Gasteiger partial charge on any atom is 0.423 e. The van der Waals surface area contributed by atoms with Crippen molar-refractivity contribution >= 4 is 16.5 Å². The third-order valence-electron chi connectivity index (χ3n) is 5.70. The highest BCUT2D eigenvalue weighted by atomic mass is 19.4. The van der Waals surface area contributed by atoms with Gasteiger partial charge in [-0.05, 0) is 23.6 Å². The number of halogens is 5. The molecule has 3 N–H and O–H groups in total. The van der Waals surface area contributed by atoms with Gasteiger partial charge in [0.15, 0.2) is 11.6 Å². The van der Waals surface area contributed by atoms with Crippen LogP contribution in [0.5, 0.6) is 0 Å². The number of nitrogens with two attached hydrogens (primary N) is 1. The number of H-pyrrole nitrogens is 1. The zero-order valence-corrected chi connectivity index (χ0v) is 20.4. The standard InChI is InChI=1S/C14H9F2N3O.C6H12.C5H4F3N3O/c1-19-3-2-8-4-11(12(16)5-10(8)14(19)20)13-17-6-9(15)7-18-13;1-2-4-6-5-3-1;6-5(7,8)3-2(9)1-10-11-4(3)12/h2-7H,1H3;1-6H2;1H,(H3,9,11,12). The van der Waals surface area contributed by atoms with Crippen molar-refractivity contribution in [1.82, 2.24) is 24.7 Å². The molecule has 1 aliphatic carbocycles. The summed E-state index contributed by atoms with van der Waals surface area (Å²) in [6.45, 7) is 0. The molecule has 0 aliphatic heterocycles. The summed E-state index contributed by atoms with van der Waals surface area (Å²) in [6.07, 6.45) is 8.54. The Morgan fingerprint density at radius 3 is 2.03 bits per heavy atom. The smallest absolute Gasteiger partial charge is 0.397 e. The average Bonchev–Trinajstić information content (AvgIpc) is 2.88. The van der Waals surface area contributed by atoms with E-state index in [4.69, 9.17) is 5.73 Å². The van der Waals surface area contributed by atoms with Gasteiger partial charge in [-0.1, -0.05) is 38.5 Å². The first-order valence-electron chi connectivity index (χ1n) is 11.7. The number of nitrogens with zero attached hydrogens (tertiary/aromatic N) is 4. The fourth-order valence-corrected chi connectivity index (χ4v) is 3.75. The van der Waals surface area contributed by atoms with E-state index in [2.05, 4.69) is 15.1 Å². The molecule has 0 saturated heterocycles. The predicted molar refractivity (Wildman–Crippen MR) is 132 cm³/mol. The molecular weight excluding hydrogens is 511 g/mol. The Morgan fingerprint density at radius 1 is 0.947 bits per heavy atom. The van der Waals surface area contributed by atoms with E-state index in [0.29, 0.717) is 5.39 Å². The highest BCUT2D eigenvalue weighted by molar-refractivity contribution is 5.85. The molecule has 0 bridgehead atoms. The average molecular weight is 537 g/mol. The number of aromatic amines is 1. The summed E-state index contributed by atoms with van der Waals surface area (Å²) in [5, 5.41) is 5.59. The van der Waals surface area contributed by atoms with Crippen molar-refractivity contribution in [3.63, 3.8) is 0 Å². The molecule has 3 aromatic heterocycles. The number of nitrogens with one attached hydrogen (secondary N) is 1. The monoisotopic (exact) mass is 536 g/mol. The van der Waals surface area contributed by atoms with Crippen LogP contribution in [0.1, 0.15) is 44.1 Å². The lowest BCUT2D eigenvalue weighted by molar-refractivity contribution is -0.138. The molecule has 5 rings (SSSR count). The van der Waals surface area contributed by atoms with Crippen LogP contribution >= 0.6 is 0 Å². The molecule has 4 aromatic rings. The van der Waals surface area contributed by atoms with Crippen LogP contribution in [0.15, 0.2) is 52.6 Å². The fraction of sp³-hybridized carbons (Fsp3) is 0.320. The maximum atomic E-state index is 14.1. The number of anilines is 1. The highest BCUT2D eigenvalue weighted by Crippen LogP contribution is 2.29. The Balaban J connectivity index is 0.000000187. The van der Waals surface area contributed by atoms with Crippen LogP contribution in [0, 0.1) is 11.6 Å². The number of hydrogen-bond acceptors (Lipinski definition) is 6. The largest absolute Gasteiger partial charge is 0.423 e. The first kappa shape index (κ1) is 28.4. The van der Waals surface area contributed by atoms with Crippen molar-refractivity contribution in [3.05, 3.63) is 80.9 Å². The molecule has 202 valence electrons. The van der Waals surface area contributed by atoms with Crippen LogP contribution in [0.2, 0.25) is 0 Å². The molecule has 13 heteroatoms. The number of benzene rings is 1. The van der Waals surface area contributed by atoms with E-state index in [9.17, 15) is 31.5 Å². The van der Waals surface area contributed by atoms with Gasteiger partial charge in [0.25, 0.3) is 11.1 Å². The van der Waals surface area contributed by atoms with E-state index < -0.39 is 34.6 Å². The van der Waals surface area contributed by atoms with Crippen molar-refractivity contribution in [2.45, 2.75) is 44.7 Å². The molecule has 1 aliphatic rings. The van der Waals surface area contributed by atoms with Gasteiger partial charge in [-0.2, -0.15) is 18.3 Å². The van der Waals surface area contributed by atoms with Crippen molar-refractivity contribution in [3.8, 4) is 11.4 Å². The Hall–Kier alpha value is -4.16. The van der Waals surface area contributed by atoms with Crippen LogP contribution in [0.4, 0.5) is 27.6 Å². The molecule has 8 nitrogen and oxygen atoms in total. The normalized spacial score (nSPS) is 13.2. The van der Waals surface area contributed by atoms with Gasteiger partial charge in [0.05, 0.1) is 35.2 Å². The molecule has 38 heavy (non-hydrogen) atoms. The fourth-order valence-electron chi connectivity index (χ4n) is 3.75. The SMILES string of the molecule is C1CCCCC1.Cn1ccc2cc(-c3ncc(F)cn3)c(F)cc2c1=O.Nc1cn[nH]c(=O)c1C(F)(F)F. The van der Waals surface area contributed by atoms with Crippen LogP contribution in [-0.4, -0.2) is 24.7 Å². The number of fused-ring (bicyclic) bond motifs is 1. The first-order chi connectivity index (χ1) is 18.0. The Bertz CT molecular complexity index is 1480. The molecule has 0 radical (unpaired) electrons. The molecular formula is C25H25F5N6O2. The lowest BCUT2D eigenvalue weighted by Gasteiger charge is -2.06. The second kappa shape index (κ2) is 12.4. The van der Waals surface area contributed by atoms with Crippen LogP contribution < -0.4 is 16.9 Å². The number of rotatable bonds is 1. The number of hydrogen-bond donors (Lipinski definition) is 2. The number of nitrogen functional groups attached to an aromatic ring is 1. The summed E-state index contributed by atoms with van der Waals surface area (Å²) in [7, 11) is 1.59. The van der Waals surface area contributed by atoms with E-state index in [0.717, 1.165) is 24.7 Å². The molecule has 0 atom stereocenters. The topological polar surface area (TPSA) is 120 Å². The summed E-state index contributed by atoms with van der Waals surface area (Å²) in [5.41, 5.74) is 1.34.